The molecule has 2 aromatic carbocycles. The summed E-state index contributed by atoms with van der Waals surface area (Å²) in [6.07, 6.45) is 1.80. The van der Waals surface area contributed by atoms with E-state index in [-0.39, 0.29) is 17.5 Å². The Bertz CT molecular complexity index is 769. The summed E-state index contributed by atoms with van der Waals surface area (Å²) in [5.74, 6) is -0.659. The van der Waals surface area contributed by atoms with Gasteiger partial charge in [0.2, 0.25) is 5.91 Å². The van der Waals surface area contributed by atoms with E-state index in [4.69, 9.17) is 0 Å². The lowest BCUT2D eigenvalue weighted by Crippen LogP contribution is -2.40. The number of amides is 1. The van der Waals surface area contributed by atoms with Crippen molar-refractivity contribution in [2.75, 3.05) is 18.4 Å². The molecule has 0 aromatic heterocycles. The van der Waals surface area contributed by atoms with Crippen molar-refractivity contribution in [1.29, 1.82) is 0 Å². The van der Waals surface area contributed by atoms with Crippen molar-refractivity contribution in [1.82, 2.24) is 4.90 Å². The normalized spacial score (nSPS) is 18.1. The number of anilines is 1. The number of rotatable bonds is 4. The second-order valence-corrected chi connectivity index (χ2v) is 8.15. The molecular formula is C19H19Br2FN2O. The molecule has 1 aliphatic heterocycles. The summed E-state index contributed by atoms with van der Waals surface area (Å²) in [6, 6.07) is 12.9. The van der Waals surface area contributed by atoms with E-state index in [9.17, 15) is 9.18 Å². The Morgan fingerprint density at radius 2 is 2.00 bits per heavy atom. The van der Waals surface area contributed by atoms with E-state index in [1.165, 1.54) is 11.6 Å². The van der Waals surface area contributed by atoms with Crippen molar-refractivity contribution in [3.8, 4) is 0 Å². The molecule has 1 unspecified atom stereocenters. The minimum atomic E-state index is -0.426. The Kier molecular flexibility index (Phi) is 6.25. The third-order valence-electron chi connectivity index (χ3n) is 4.36. The third-order valence-corrected chi connectivity index (χ3v) is 5.35. The first-order valence-corrected chi connectivity index (χ1v) is 9.82. The van der Waals surface area contributed by atoms with Gasteiger partial charge in [-0.05, 0) is 55.3 Å². The van der Waals surface area contributed by atoms with Crippen LogP contribution in [0.3, 0.4) is 0 Å². The van der Waals surface area contributed by atoms with Crippen molar-refractivity contribution in [3.63, 3.8) is 0 Å². The number of nitrogens with zero attached hydrogens (tertiary/aromatic N) is 1. The highest BCUT2D eigenvalue weighted by Gasteiger charge is 2.26. The fourth-order valence-electron chi connectivity index (χ4n) is 3.13. The first-order valence-electron chi connectivity index (χ1n) is 8.24. The molecule has 25 heavy (non-hydrogen) atoms. The van der Waals surface area contributed by atoms with Crippen molar-refractivity contribution in [2.24, 2.45) is 5.92 Å². The van der Waals surface area contributed by atoms with Crippen LogP contribution in [0.4, 0.5) is 10.1 Å². The van der Waals surface area contributed by atoms with E-state index in [2.05, 4.69) is 54.2 Å². The van der Waals surface area contributed by atoms with E-state index in [0.29, 0.717) is 11.0 Å². The number of carbonyl (C=O) groups is 1. The van der Waals surface area contributed by atoms with Crippen molar-refractivity contribution < 1.29 is 9.18 Å². The quantitative estimate of drug-likeness (QED) is 0.667. The van der Waals surface area contributed by atoms with Gasteiger partial charge in [-0.3, -0.25) is 9.69 Å². The summed E-state index contributed by atoms with van der Waals surface area (Å²) in [4.78, 5) is 14.8. The number of carbonyl (C=O) groups excluding carboxylic acids is 1. The zero-order valence-electron chi connectivity index (χ0n) is 13.6. The van der Waals surface area contributed by atoms with E-state index in [1.807, 2.05) is 12.1 Å². The molecule has 1 fully saturated rings. The first-order chi connectivity index (χ1) is 12.0. The van der Waals surface area contributed by atoms with E-state index >= 15 is 0 Å². The van der Waals surface area contributed by atoms with Gasteiger partial charge >= 0.3 is 0 Å². The zero-order chi connectivity index (χ0) is 17.8. The number of hydrogen-bond acceptors (Lipinski definition) is 2. The van der Waals surface area contributed by atoms with Gasteiger partial charge in [-0.1, -0.05) is 44.0 Å². The maximum Gasteiger partial charge on any atom is 0.228 e. The smallest absolute Gasteiger partial charge is 0.228 e. The number of likely N-dealkylation sites (tertiary alicyclic amines) is 1. The van der Waals surface area contributed by atoms with Crippen LogP contribution < -0.4 is 5.32 Å². The van der Waals surface area contributed by atoms with Gasteiger partial charge in [0.05, 0.1) is 11.6 Å². The highest BCUT2D eigenvalue weighted by Crippen LogP contribution is 2.24. The fourth-order valence-corrected chi connectivity index (χ4v) is 3.91. The lowest BCUT2D eigenvalue weighted by atomic mass is 9.96. The predicted octanol–water partition coefficient (Wildman–Crippen LogP) is 5.20. The molecule has 132 valence electrons. The minimum Gasteiger partial charge on any atom is -0.323 e. The Morgan fingerprint density at radius 1 is 1.20 bits per heavy atom. The summed E-state index contributed by atoms with van der Waals surface area (Å²) < 4.78 is 15.6. The van der Waals surface area contributed by atoms with Crippen molar-refractivity contribution >= 4 is 43.5 Å². The predicted molar refractivity (Wildman–Crippen MR) is 105 cm³/mol. The largest absolute Gasteiger partial charge is 0.323 e. The Hall–Kier alpha value is -1.24. The number of benzene rings is 2. The lowest BCUT2D eigenvalue weighted by molar-refractivity contribution is -0.121. The first kappa shape index (κ1) is 18.5. The molecule has 1 N–H and O–H groups in total. The van der Waals surface area contributed by atoms with Crippen LogP contribution in [0.1, 0.15) is 18.4 Å². The van der Waals surface area contributed by atoms with Crippen LogP contribution in [-0.2, 0) is 11.3 Å². The molecule has 1 atom stereocenters. The van der Waals surface area contributed by atoms with Crippen molar-refractivity contribution in [3.05, 3.63) is 62.8 Å². The molecule has 1 heterocycles. The van der Waals surface area contributed by atoms with E-state index in [0.717, 1.165) is 30.4 Å². The average Bonchev–Trinajstić information content (AvgIpc) is 2.57. The molecule has 0 saturated carbocycles. The number of halogens is 3. The molecular weight excluding hydrogens is 451 g/mol. The zero-order valence-corrected chi connectivity index (χ0v) is 16.8. The molecule has 3 rings (SSSR count). The third kappa shape index (κ3) is 5.12. The van der Waals surface area contributed by atoms with E-state index < -0.39 is 5.82 Å². The number of hydrogen-bond donors (Lipinski definition) is 1. The van der Waals surface area contributed by atoms with Crippen LogP contribution in [0.25, 0.3) is 0 Å². The van der Waals surface area contributed by atoms with Crippen LogP contribution in [0.15, 0.2) is 51.4 Å². The van der Waals surface area contributed by atoms with Crippen LogP contribution in [0, 0.1) is 11.7 Å². The van der Waals surface area contributed by atoms with Gasteiger partial charge in [0.1, 0.15) is 5.82 Å². The summed E-state index contributed by atoms with van der Waals surface area (Å²) in [7, 11) is 0. The standard InChI is InChI=1S/C19H19Br2FN2O/c20-15-5-1-3-13(9-15)11-24-8-2-4-14(12-24)19(25)23-18-7-6-16(21)10-17(18)22/h1,3,5-7,9-10,14H,2,4,8,11-12H2,(H,23,25). The SMILES string of the molecule is O=C(Nc1ccc(Br)cc1F)C1CCCN(Cc2cccc(Br)c2)C1. The monoisotopic (exact) mass is 468 g/mol. The molecule has 3 nitrogen and oxygen atoms in total. The van der Waals surface area contributed by atoms with Gasteiger partial charge in [-0.15, -0.1) is 0 Å². The van der Waals surface area contributed by atoms with Crippen LogP contribution in [0.5, 0.6) is 0 Å². The molecule has 1 aliphatic rings. The Morgan fingerprint density at radius 3 is 2.76 bits per heavy atom. The maximum absolute atomic E-state index is 13.9. The van der Waals surface area contributed by atoms with Gasteiger partial charge in [0.15, 0.2) is 0 Å². The van der Waals surface area contributed by atoms with Crippen molar-refractivity contribution in [2.45, 2.75) is 19.4 Å². The summed E-state index contributed by atoms with van der Waals surface area (Å²) in [6.45, 7) is 2.48. The molecule has 0 aliphatic carbocycles. The minimum absolute atomic E-state index is 0.111. The Labute approximate surface area is 163 Å². The van der Waals surface area contributed by atoms with Gasteiger partial charge in [-0.2, -0.15) is 0 Å². The number of piperidine rings is 1. The fraction of sp³-hybridized carbons (Fsp3) is 0.316. The van der Waals surface area contributed by atoms with Gasteiger partial charge < -0.3 is 5.32 Å². The Balaban J connectivity index is 1.61. The molecule has 1 amide bonds. The molecule has 0 bridgehead atoms. The molecule has 0 radical (unpaired) electrons. The second kappa shape index (κ2) is 8.43. The summed E-state index contributed by atoms with van der Waals surface area (Å²) in [5.41, 5.74) is 1.45. The second-order valence-electron chi connectivity index (χ2n) is 6.32. The van der Waals surface area contributed by atoms with Gasteiger partial charge in [-0.25, -0.2) is 4.39 Å². The molecule has 2 aromatic rings. The molecule has 6 heteroatoms. The van der Waals surface area contributed by atoms with Crippen LogP contribution >= 0.6 is 31.9 Å². The lowest BCUT2D eigenvalue weighted by Gasteiger charge is -2.32. The highest BCUT2D eigenvalue weighted by atomic mass is 79.9. The highest BCUT2D eigenvalue weighted by molar-refractivity contribution is 9.10. The summed E-state index contributed by atoms with van der Waals surface area (Å²) >= 11 is 6.71. The van der Waals surface area contributed by atoms with E-state index in [1.54, 1.807) is 12.1 Å². The summed E-state index contributed by atoms with van der Waals surface area (Å²) in [5, 5.41) is 2.73. The molecule has 0 spiro atoms. The van der Waals surface area contributed by atoms with Gasteiger partial charge in [0.25, 0.3) is 0 Å². The van der Waals surface area contributed by atoms with Crippen LogP contribution in [0.2, 0.25) is 0 Å². The number of nitrogens with one attached hydrogen (secondary N) is 1. The van der Waals surface area contributed by atoms with Gasteiger partial charge in [0, 0.05) is 22.0 Å². The maximum atomic E-state index is 13.9. The molecule has 1 saturated heterocycles. The van der Waals surface area contributed by atoms with Crippen LogP contribution in [-0.4, -0.2) is 23.9 Å². The average molecular weight is 470 g/mol. The topological polar surface area (TPSA) is 32.3 Å².